The van der Waals surface area contributed by atoms with Gasteiger partial charge in [-0.25, -0.2) is 0 Å². The van der Waals surface area contributed by atoms with E-state index in [1.807, 2.05) is 50.2 Å². The van der Waals surface area contributed by atoms with Crippen molar-refractivity contribution in [3.63, 3.8) is 0 Å². The normalized spacial score (nSPS) is 10.4. The van der Waals surface area contributed by atoms with Crippen molar-refractivity contribution in [3.05, 3.63) is 53.3 Å². The lowest BCUT2D eigenvalue weighted by molar-refractivity contribution is 0.308. The number of benzene rings is 1. The summed E-state index contributed by atoms with van der Waals surface area (Å²) in [7, 11) is 1.67. The van der Waals surface area contributed by atoms with Gasteiger partial charge in [0.25, 0.3) is 0 Å². The molecule has 2 rings (SSSR count). The first-order valence-corrected chi connectivity index (χ1v) is 7.16. The minimum absolute atomic E-state index is 0.625. The number of pyridine rings is 1. The van der Waals surface area contributed by atoms with E-state index in [0.717, 1.165) is 35.0 Å². The summed E-state index contributed by atoms with van der Waals surface area (Å²) in [4.78, 5) is 4.48. The molecule has 0 radical (unpaired) electrons. The van der Waals surface area contributed by atoms with E-state index >= 15 is 0 Å². The van der Waals surface area contributed by atoms with Crippen molar-refractivity contribution in [2.24, 2.45) is 0 Å². The highest BCUT2D eigenvalue weighted by Gasteiger charge is 2.09. The van der Waals surface area contributed by atoms with Gasteiger partial charge in [0.1, 0.15) is 0 Å². The summed E-state index contributed by atoms with van der Waals surface area (Å²) in [5, 5.41) is 3.39. The van der Waals surface area contributed by atoms with Crippen LogP contribution in [-0.4, -0.2) is 18.7 Å². The van der Waals surface area contributed by atoms with Gasteiger partial charge in [0, 0.05) is 24.3 Å². The van der Waals surface area contributed by atoms with E-state index < -0.39 is 0 Å². The molecule has 0 spiro atoms. The molecule has 0 aliphatic carbocycles. The van der Waals surface area contributed by atoms with Gasteiger partial charge >= 0.3 is 0 Å². The summed E-state index contributed by atoms with van der Waals surface area (Å²) in [5.74, 6) is 1.58. The molecule has 4 heteroatoms. The third-order valence-electron chi connectivity index (χ3n) is 3.13. The second-order valence-corrected chi connectivity index (χ2v) is 4.76. The Bertz CT molecular complexity index is 585. The van der Waals surface area contributed by atoms with Gasteiger partial charge < -0.3 is 14.8 Å². The lowest BCUT2D eigenvalue weighted by atomic mass is 10.2. The van der Waals surface area contributed by atoms with Gasteiger partial charge in [0.15, 0.2) is 11.5 Å². The van der Waals surface area contributed by atoms with Crippen molar-refractivity contribution >= 4 is 0 Å². The maximum Gasteiger partial charge on any atom is 0.165 e. The fourth-order valence-corrected chi connectivity index (χ4v) is 2.22. The fourth-order valence-electron chi connectivity index (χ4n) is 2.22. The van der Waals surface area contributed by atoms with Gasteiger partial charge in [-0.1, -0.05) is 18.2 Å². The molecular formula is C17H22N2O2. The van der Waals surface area contributed by atoms with Crippen LogP contribution in [0.3, 0.4) is 0 Å². The van der Waals surface area contributed by atoms with E-state index in [2.05, 4.69) is 10.3 Å². The Kier molecular flexibility index (Phi) is 5.58. The van der Waals surface area contributed by atoms with Crippen LogP contribution < -0.4 is 14.8 Å². The number of aromatic nitrogens is 1. The van der Waals surface area contributed by atoms with Crippen LogP contribution in [0.2, 0.25) is 0 Å². The number of aryl methyl sites for hydroxylation is 1. The molecule has 21 heavy (non-hydrogen) atoms. The lowest BCUT2D eigenvalue weighted by Gasteiger charge is -2.14. The SMILES string of the molecule is CCOc1cccc(CNCc2cccc(C)n2)c1OC. The molecule has 1 aromatic carbocycles. The predicted molar refractivity (Wildman–Crippen MR) is 83.7 cm³/mol. The number of ether oxygens (including phenoxy) is 2. The van der Waals surface area contributed by atoms with Gasteiger partial charge in [-0.05, 0) is 32.0 Å². The third kappa shape index (κ3) is 4.20. The van der Waals surface area contributed by atoms with Crippen LogP contribution in [0, 0.1) is 6.92 Å². The summed E-state index contributed by atoms with van der Waals surface area (Å²) in [6.07, 6.45) is 0. The largest absolute Gasteiger partial charge is 0.493 e. The van der Waals surface area contributed by atoms with Crippen molar-refractivity contribution in [1.82, 2.24) is 10.3 Å². The number of nitrogens with zero attached hydrogens (tertiary/aromatic N) is 1. The first kappa shape index (κ1) is 15.3. The molecule has 0 unspecified atom stereocenters. The third-order valence-corrected chi connectivity index (χ3v) is 3.13. The quantitative estimate of drug-likeness (QED) is 0.849. The predicted octanol–water partition coefficient (Wildman–Crippen LogP) is 3.09. The molecule has 1 aromatic heterocycles. The fraction of sp³-hybridized carbons (Fsp3) is 0.353. The van der Waals surface area contributed by atoms with Gasteiger partial charge in [0.2, 0.25) is 0 Å². The lowest BCUT2D eigenvalue weighted by Crippen LogP contribution is -2.14. The van der Waals surface area contributed by atoms with Crippen molar-refractivity contribution in [3.8, 4) is 11.5 Å². The van der Waals surface area contributed by atoms with E-state index in [-0.39, 0.29) is 0 Å². The molecule has 0 saturated heterocycles. The Morgan fingerprint density at radius 1 is 1.10 bits per heavy atom. The van der Waals surface area contributed by atoms with Crippen LogP contribution in [0.15, 0.2) is 36.4 Å². The molecule has 4 nitrogen and oxygen atoms in total. The first-order valence-electron chi connectivity index (χ1n) is 7.16. The molecule has 112 valence electrons. The maximum atomic E-state index is 5.58. The van der Waals surface area contributed by atoms with E-state index in [4.69, 9.17) is 9.47 Å². The van der Waals surface area contributed by atoms with Crippen molar-refractivity contribution in [2.75, 3.05) is 13.7 Å². The first-order chi connectivity index (χ1) is 10.2. The van der Waals surface area contributed by atoms with Gasteiger partial charge in [-0.2, -0.15) is 0 Å². The number of para-hydroxylation sites is 1. The van der Waals surface area contributed by atoms with Crippen LogP contribution in [0.5, 0.6) is 11.5 Å². The average molecular weight is 286 g/mol. The Labute approximate surface area is 126 Å². The molecule has 0 atom stereocenters. The van der Waals surface area contributed by atoms with Crippen LogP contribution >= 0.6 is 0 Å². The van der Waals surface area contributed by atoms with Crippen LogP contribution in [0.25, 0.3) is 0 Å². The van der Waals surface area contributed by atoms with Crippen molar-refractivity contribution < 1.29 is 9.47 Å². The molecule has 2 aromatic rings. The molecule has 1 N–H and O–H groups in total. The Balaban J connectivity index is 2.01. The smallest absolute Gasteiger partial charge is 0.165 e. The highest BCUT2D eigenvalue weighted by Crippen LogP contribution is 2.30. The standard InChI is InChI=1S/C17H22N2O2/c1-4-21-16-10-6-8-14(17(16)20-3)11-18-12-15-9-5-7-13(2)19-15/h5-10,18H,4,11-12H2,1-3H3. The molecule has 0 fully saturated rings. The summed E-state index contributed by atoms with van der Waals surface area (Å²) in [6.45, 7) is 6.02. The van der Waals surface area contributed by atoms with Gasteiger partial charge in [-0.3, -0.25) is 4.98 Å². The zero-order valence-corrected chi connectivity index (χ0v) is 12.8. The van der Waals surface area contributed by atoms with E-state index in [1.165, 1.54) is 0 Å². The van der Waals surface area contributed by atoms with E-state index in [1.54, 1.807) is 7.11 Å². The average Bonchev–Trinajstić information content (AvgIpc) is 2.48. The highest BCUT2D eigenvalue weighted by atomic mass is 16.5. The second kappa shape index (κ2) is 7.64. The highest BCUT2D eigenvalue weighted by molar-refractivity contribution is 5.46. The monoisotopic (exact) mass is 286 g/mol. The molecule has 0 bridgehead atoms. The Morgan fingerprint density at radius 2 is 1.90 bits per heavy atom. The molecule has 0 saturated carbocycles. The number of rotatable bonds is 7. The van der Waals surface area contributed by atoms with E-state index in [0.29, 0.717) is 13.2 Å². The molecule has 1 heterocycles. The minimum atomic E-state index is 0.625. The van der Waals surface area contributed by atoms with Crippen LogP contribution in [0.4, 0.5) is 0 Å². The minimum Gasteiger partial charge on any atom is -0.493 e. The number of methoxy groups -OCH3 is 1. The van der Waals surface area contributed by atoms with Crippen molar-refractivity contribution in [2.45, 2.75) is 26.9 Å². The number of hydrogen-bond donors (Lipinski definition) is 1. The second-order valence-electron chi connectivity index (χ2n) is 4.76. The molecule has 0 aliphatic rings. The van der Waals surface area contributed by atoms with Crippen LogP contribution in [-0.2, 0) is 13.1 Å². The van der Waals surface area contributed by atoms with Crippen molar-refractivity contribution in [1.29, 1.82) is 0 Å². The topological polar surface area (TPSA) is 43.4 Å². The maximum absolute atomic E-state index is 5.58. The number of hydrogen-bond acceptors (Lipinski definition) is 4. The van der Waals surface area contributed by atoms with E-state index in [9.17, 15) is 0 Å². The summed E-state index contributed by atoms with van der Waals surface area (Å²) in [5.41, 5.74) is 3.15. The summed E-state index contributed by atoms with van der Waals surface area (Å²) >= 11 is 0. The number of nitrogens with one attached hydrogen (secondary N) is 1. The molecule has 0 aliphatic heterocycles. The summed E-state index contributed by atoms with van der Waals surface area (Å²) < 4.78 is 11.1. The Morgan fingerprint density at radius 3 is 2.62 bits per heavy atom. The zero-order valence-electron chi connectivity index (χ0n) is 12.8. The molecule has 0 amide bonds. The van der Waals surface area contributed by atoms with Crippen LogP contribution in [0.1, 0.15) is 23.9 Å². The zero-order chi connectivity index (χ0) is 15.1. The van der Waals surface area contributed by atoms with Gasteiger partial charge in [-0.15, -0.1) is 0 Å². The Hall–Kier alpha value is -2.07. The van der Waals surface area contributed by atoms with Gasteiger partial charge in [0.05, 0.1) is 19.4 Å². The summed E-state index contributed by atoms with van der Waals surface area (Å²) in [6, 6.07) is 12.0. The molecular weight excluding hydrogens is 264 g/mol.